The number of carbonyl (C=O) groups excluding carboxylic acids is 3. The summed E-state index contributed by atoms with van der Waals surface area (Å²) >= 11 is 0. The summed E-state index contributed by atoms with van der Waals surface area (Å²) in [5.41, 5.74) is 5.26. The number of nitrogens with one attached hydrogen (secondary N) is 2. The number of ether oxygens (including phenoxy) is 2. The van der Waals surface area contributed by atoms with E-state index in [0.29, 0.717) is 34.0 Å². The fourth-order valence-corrected chi connectivity index (χ4v) is 2.81. The van der Waals surface area contributed by atoms with E-state index in [1.54, 1.807) is 73.7 Å². The number of methoxy groups -OCH3 is 1. The zero-order valence-electron chi connectivity index (χ0n) is 18.4. The van der Waals surface area contributed by atoms with Gasteiger partial charge in [-0.3, -0.25) is 9.59 Å². The van der Waals surface area contributed by atoms with Crippen molar-refractivity contribution in [2.75, 3.05) is 12.4 Å². The highest BCUT2D eigenvalue weighted by Gasteiger charge is 2.14. The number of esters is 1. The van der Waals surface area contributed by atoms with Crippen LogP contribution in [0.5, 0.6) is 11.5 Å². The van der Waals surface area contributed by atoms with Crippen LogP contribution < -0.4 is 20.2 Å². The van der Waals surface area contributed by atoms with Gasteiger partial charge in [0.25, 0.3) is 0 Å². The Hall–Kier alpha value is -4.46. The first-order chi connectivity index (χ1) is 15.9. The lowest BCUT2D eigenvalue weighted by molar-refractivity contribution is -0.136. The fourth-order valence-electron chi connectivity index (χ4n) is 2.81. The van der Waals surface area contributed by atoms with Gasteiger partial charge < -0.3 is 14.8 Å². The van der Waals surface area contributed by atoms with Crippen LogP contribution in [0.4, 0.5) is 5.69 Å². The molecule has 0 spiro atoms. The van der Waals surface area contributed by atoms with E-state index in [9.17, 15) is 14.4 Å². The van der Waals surface area contributed by atoms with E-state index < -0.39 is 17.8 Å². The highest BCUT2D eigenvalue weighted by Crippen LogP contribution is 2.16. The molecular formula is C25H23N3O5. The van der Waals surface area contributed by atoms with Crippen molar-refractivity contribution >= 4 is 29.2 Å². The van der Waals surface area contributed by atoms with Crippen LogP contribution in [0.3, 0.4) is 0 Å². The van der Waals surface area contributed by atoms with Crippen LogP contribution in [-0.4, -0.2) is 30.6 Å². The van der Waals surface area contributed by atoms with Gasteiger partial charge in [0, 0.05) is 5.69 Å². The number of nitrogens with zero attached hydrogens (tertiary/aromatic N) is 1. The monoisotopic (exact) mass is 445 g/mol. The van der Waals surface area contributed by atoms with Crippen LogP contribution in [0.25, 0.3) is 0 Å². The zero-order chi connectivity index (χ0) is 23.8. The van der Waals surface area contributed by atoms with Gasteiger partial charge in [0.2, 0.25) is 0 Å². The quantitative estimate of drug-likeness (QED) is 0.198. The molecule has 0 fully saturated rings. The Morgan fingerprint density at radius 2 is 1.48 bits per heavy atom. The first-order valence-electron chi connectivity index (χ1n) is 10.0. The van der Waals surface area contributed by atoms with E-state index >= 15 is 0 Å². The van der Waals surface area contributed by atoms with Gasteiger partial charge in [-0.1, -0.05) is 17.7 Å². The Morgan fingerprint density at radius 1 is 0.818 bits per heavy atom. The Bertz CT molecular complexity index is 1190. The third-order valence-electron chi connectivity index (χ3n) is 4.62. The second-order valence-corrected chi connectivity index (χ2v) is 7.10. The molecule has 3 rings (SSSR count). The summed E-state index contributed by atoms with van der Waals surface area (Å²) in [5, 5.41) is 6.44. The van der Waals surface area contributed by atoms with Crippen LogP contribution in [0.2, 0.25) is 0 Å². The molecule has 0 bridgehead atoms. The maximum atomic E-state index is 12.3. The van der Waals surface area contributed by atoms with Crippen LogP contribution in [-0.2, 0) is 9.59 Å². The molecule has 0 unspecified atom stereocenters. The lowest BCUT2D eigenvalue weighted by Gasteiger charge is -2.07. The van der Waals surface area contributed by atoms with E-state index in [1.165, 1.54) is 7.11 Å². The zero-order valence-corrected chi connectivity index (χ0v) is 18.4. The van der Waals surface area contributed by atoms with Crippen LogP contribution in [0.15, 0.2) is 77.9 Å². The summed E-state index contributed by atoms with van der Waals surface area (Å²) in [5.74, 6) is -1.20. The Kier molecular flexibility index (Phi) is 7.54. The molecule has 0 aromatic heterocycles. The average Bonchev–Trinajstić information content (AvgIpc) is 2.83. The molecule has 3 aromatic carbocycles. The van der Waals surface area contributed by atoms with Crippen LogP contribution >= 0.6 is 0 Å². The molecule has 0 saturated heterocycles. The molecule has 0 atom stereocenters. The Morgan fingerprint density at radius 3 is 2.12 bits per heavy atom. The van der Waals surface area contributed by atoms with Crippen molar-refractivity contribution in [2.24, 2.45) is 5.10 Å². The standard InChI is InChI=1S/C25H23N3O5/c1-16-5-4-6-19(15-16)25(31)33-22-11-7-18(8-12-22)17(2)27-28-24(30)23(29)26-20-9-13-21(32-3)14-10-20/h4-15H,1-3H3,(H,26,29)(H,28,30)/b27-17+. The van der Waals surface area contributed by atoms with E-state index in [1.807, 2.05) is 13.0 Å². The van der Waals surface area contributed by atoms with Crippen molar-refractivity contribution in [3.8, 4) is 11.5 Å². The van der Waals surface area contributed by atoms with Crippen molar-refractivity contribution in [2.45, 2.75) is 13.8 Å². The number of hydrazone groups is 1. The highest BCUT2D eigenvalue weighted by atomic mass is 16.5. The van der Waals surface area contributed by atoms with Gasteiger partial charge in [-0.05, 0) is 80.1 Å². The van der Waals surface area contributed by atoms with Crippen LogP contribution in [0.1, 0.15) is 28.4 Å². The predicted molar refractivity (Wildman–Crippen MR) is 125 cm³/mol. The first kappa shape index (κ1) is 23.2. The second-order valence-electron chi connectivity index (χ2n) is 7.10. The minimum Gasteiger partial charge on any atom is -0.497 e. The molecule has 0 saturated carbocycles. The second kappa shape index (κ2) is 10.7. The summed E-state index contributed by atoms with van der Waals surface area (Å²) < 4.78 is 10.4. The lowest BCUT2D eigenvalue weighted by Crippen LogP contribution is -2.32. The summed E-state index contributed by atoms with van der Waals surface area (Å²) in [6.45, 7) is 3.57. The minimum absolute atomic E-state index is 0.376. The smallest absolute Gasteiger partial charge is 0.343 e. The maximum Gasteiger partial charge on any atom is 0.343 e. The lowest BCUT2D eigenvalue weighted by atomic mass is 10.1. The number of amides is 2. The van der Waals surface area contributed by atoms with Crippen LogP contribution in [0, 0.1) is 6.92 Å². The van der Waals surface area contributed by atoms with Crippen molar-refractivity contribution in [3.63, 3.8) is 0 Å². The molecule has 0 aliphatic heterocycles. The van der Waals surface area contributed by atoms with Gasteiger partial charge in [0.1, 0.15) is 11.5 Å². The number of hydrogen-bond donors (Lipinski definition) is 2. The molecule has 3 aromatic rings. The normalized spacial score (nSPS) is 10.8. The highest BCUT2D eigenvalue weighted by molar-refractivity contribution is 6.39. The minimum atomic E-state index is -0.908. The predicted octanol–water partition coefficient (Wildman–Crippen LogP) is 3.70. The molecule has 2 N–H and O–H groups in total. The summed E-state index contributed by atoms with van der Waals surface area (Å²) in [6, 6.07) is 20.3. The molecule has 2 amide bonds. The SMILES string of the molecule is COc1ccc(NC(=O)C(=O)N/N=C(\C)c2ccc(OC(=O)c3cccc(C)c3)cc2)cc1. The van der Waals surface area contributed by atoms with E-state index in [4.69, 9.17) is 9.47 Å². The molecule has 8 heteroatoms. The molecular weight excluding hydrogens is 422 g/mol. The topological polar surface area (TPSA) is 106 Å². The number of aryl methyl sites for hydroxylation is 1. The largest absolute Gasteiger partial charge is 0.497 e. The van der Waals surface area contributed by atoms with E-state index in [0.717, 1.165) is 5.56 Å². The third kappa shape index (κ3) is 6.51. The van der Waals surface area contributed by atoms with E-state index in [2.05, 4.69) is 15.8 Å². The van der Waals surface area contributed by atoms with Gasteiger partial charge in [0.05, 0.1) is 18.4 Å². The number of benzene rings is 3. The Balaban J connectivity index is 1.55. The van der Waals surface area contributed by atoms with Crippen molar-refractivity contribution in [1.29, 1.82) is 0 Å². The number of anilines is 1. The maximum absolute atomic E-state index is 12.3. The molecule has 8 nitrogen and oxygen atoms in total. The van der Waals surface area contributed by atoms with Crippen molar-refractivity contribution < 1.29 is 23.9 Å². The first-order valence-corrected chi connectivity index (χ1v) is 10.0. The van der Waals surface area contributed by atoms with Gasteiger partial charge in [-0.25, -0.2) is 10.2 Å². The molecule has 33 heavy (non-hydrogen) atoms. The summed E-state index contributed by atoms with van der Waals surface area (Å²) in [6.07, 6.45) is 0. The summed E-state index contributed by atoms with van der Waals surface area (Å²) in [4.78, 5) is 36.3. The number of rotatable bonds is 6. The van der Waals surface area contributed by atoms with E-state index in [-0.39, 0.29) is 0 Å². The molecule has 0 radical (unpaired) electrons. The van der Waals surface area contributed by atoms with Gasteiger partial charge >= 0.3 is 17.8 Å². The molecule has 168 valence electrons. The number of carbonyl (C=O) groups is 3. The van der Waals surface area contributed by atoms with Gasteiger partial charge in [-0.2, -0.15) is 5.10 Å². The average molecular weight is 445 g/mol. The Labute approximate surface area is 191 Å². The van der Waals surface area contributed by atoms with Gasteiger partial charge in [0.15, 0.2) is 0 Å². The molecule has 0 aliphatic rings. The number of hydrogen-bond acceptors (Lipinski definition) is 6. The molecule has 0 heterocycles. The third-order valence-corrected chi connectivity index (χ3v) is 4.62. The fraction of sp³-hybridized carbons (Fsp3) is 0.120. The molecule has 0 aliphatic carbocycles. The van der Waals surface area contributed by atoms with Gasteiger partial charge in [-0.15, -0.1) is 0 Å². The van der Waals surface area contributed by atoms with Crippen molar-refractivity contribution in [3.05, 3.63) is 89.5 Å². The van der Waals surface area contributed by atoms with Crippen molar-refractivity contribution in [1.82, 2.24) is 5.43 Å². The summed E-state index contributed by atoms with van der Waals surface area (Å²) in [7, 11) is 1.53.